The van der Waals surface area contributed by atoms with Gasteiger partial charge in [0, 0.05) is 22.2 Å². The molecule has 3 aromatic rings. The number of benzene rings is 1. The Labute approximate surface area is 173 Å². The zero-order valence-corrected chi connectivity index (χ0v) is 17.5. The van der Waals surface area contributed by atoms with Gasteiger partial charge in [-0.15, -0.1) is 17.8 Å². The number of amides is 1. The van der Waals surface area contributed by atoms with Crippen LogP contribution in [0.1, 0.15) is 49.9 Å². The Morgan fingerprint density at radius 2 is 1.93 bits per heavy atom. The van der Waals surface area contributed by atoms with Crippen molar-refractivity contribution in [3.63, 3.8) is 0 Å². The van der Waals surface area contributed by atoms with Crippen LogP contribution < -0.4 is 5.32 Å². The first-order valence-electron chi connectivity index (χ1n) is 9.07. The number of fused-ring (bicyclic) bond motifs is 1. The highest BCUT2D eigenvalue weighted by Gasteiger charge is 2.29. The van der Waals surface area contributed by atoms with Gasteiger partial charge in [0.2, 0.25) is 0 Å². The van der Waals surface area contributed by atoms with Gasteiger partial charge in [0.1, 0.15) is 5.58 Å². The fourth-order valence-corrected chi connectivity index (χ4v) is 4.28. The Bertz CT molecular complexity index is 1170. The summed E-state index contributed by atoms with van der Waals surface area (Å²) in [6.45, 7) is 6.75. The number of hydrogen-bond donors (Lipinski definition) is 1. The van der Waals surface area contributed by atoms with E-state index in [-0.39, 0.29) is 17.1 Å². The van der Waals surface area contributed by atoms with E-state index in [4.69, 9.17) is 10.8 Å². The number of hydrogen-bond acceptors (Lipinski definition) is 5. The molecule has 148 valence electrons. The van der Waals surface area contributed by atoms with Crippen molar-refractivity contribution in [1.82, 2.24) is 5.32 Å². The minimum atomic E-state index is -0.933. The van der Waals surface area contributed by atoms with Crippen LogP contribution in [0.15, 0.2) is 34.9 Å². The number of thiophene rings is 1. The maximum absolute atomic E-state index is 13.0. The standard InChI is InChI=1S/C23H21NO4S/c1-6-23(4,5)24-22(27)20(26)21-13(2)19(14(3)29-21)17(25)12-15-7-8-18-16(11-15)9-10-28-18/h1,7-11H,12H2,2-5H3,(H,24,27). The topological polar surface area (TPSA) is 76.4 Å². The number of furan rings is 1. The van der Waals surface area contributed by atoms with Gasteiger partial charge in [0.05, 0.1) is 16.7 Å². The van der Waals surface area contributed by atoms with Crippen LogP contribution in [0.25, 0.3) is 11.0 Å². The van der Waals surface area contributed by atoms with E-state index in [0.717, 1.165) is 27.9 Å². The lowest BCUT2D eigenvalue weighted by atomic mass is 9.98. The molecule has 6 heteroatoms. The van der Waals surface area contributed by atoms with Crippen molar-refractivity contribution in [1.29, 1.82) is 0 Å². The van der Waals surface area contributed by atoms with Crippen LogP contribution in [-0.2, 0) is 11.2 Å². The van der Waals surface area contributed by atoms with E-state index < -0.39 is 17.2 Å². The lowest BCUT2D eigenvalue weighted by Gasteiger charge is -2.18. The van der Waals surface area contributed by atoms with Gasteiger partial charge >= 0.3 is 0 Å². The molecule has 0 aliphatic heterocycles. The average molecular weight is 407 g/mol. The van der Waals surface area contributed by atoms with Crippen molar-refractivity contribution in [2.45, 2.75) is 39.7 Å². The zero-order chi connectivity index (χ0) is 21.3. The molecule has 0 saturated carbocycles. The van der Waals surface area contributed by atoms with Gasteiger partial charge in [-0.3, -0.25) is 14.4 Å². The van der Waals surface area contributed by atoms with Crippen LogP contribution in [0.4, 0.5) is 0 Å². The molecule has 1 N–H and O–H groups in total. The van der Waals surface area contributed by atoms with Crippen molar-refractivity contribution in [2.75, 3.05) is 0 Å². The summed E-state index contributed by atoms with van der Waals surface area (Å²) < 4.78 is 5.32. The van der Waals surface area contributed by atoms with Crippen LogP contribution in [0.3, 0.4) is 0 Å². The summed E-state index contributed by atoms with van der Waals surface area (Å²) in [4.78, 5) is 38.9. The number of carbonyl (C=O) groups is 3. The van der Waals surface area contributed by atoms with Gasteiger partial charge in [-0.25, -0.2) is 0 Å². The van der Waals surface area contributed by atoms with Crippen molar-refractivity contribution >= 4 is 39.8 Å². The number of nitrogens with one attached hydrogen (secondary N) is 1. The summed E-state index contributed by atoms with van der Waals surface area (Å²) in [5.41, 5.74) is 1.71. The monoisotopic (exact) mass is 407 g/mol. The van der Waals surface area contributed by atoms with Crippen LogP contribution in [0.5, 0.6) is 0 Å². The summed E-state index contributed by atoms with van der Waals surface area (Å²) in [5, 5.41) is 3.46. The maximum atomic E-state index is 13.0. The molecule has 2 heterocycles. The van der Waals surface area contributed by atoms with Gasteiger partial charge in [-0.05, 0) is 57.0 Å². The second-order valence-electron chi connectivity index (χ2n) is 7.43. The summed E-state index contributed by atoms with van der Waals surface area (Å²) in [6.07, 6.45) is 7.17. The third kappa shape index (κ3) is 4.15. The molecule has 5 nitrogen and oxygen atoms in total. The Balaban J connectivity index is 1.84. The predicted octanol–water partition coefficient (Wildman–Crippen LogP) is 4.25. The first-order valence-corrected chi connectivity index (χ1v) is 9.88. The average Bonchev–Trinajstić information content (AvgIpc) is 3.24. The molecule has 0 fully saturated rings. The molecule has 0 atom stereocenters. The third-order valence-electron chi connectivity index (χ3n) is 4.68. The first-order chi connectivity index (χ1) is 13.6. The molecule has 0 radical (unpaired) electrons. The lowest BCUT2D eigenvalue weighted by molar-refractivity contribution is -0.117. The smallest absolute Gasteiger partial charge is 0.294 e. The molecule has 0 bridgehead atoms. The molecule has 0 aliphatic carbocycles. The van der Waals surface area contributed by atoms with Crippen molar-refractivity contribution in [3.8, 4) is 12.3 Å². The van der Waals surface area contributed by atoms with Crippen molar-refractivity contribution in [2.24, 2.45) is 0 Å². The Morgan fingerprint density at radius 3 is 2.62 bits per heavy atom. The van der Waals surface area contributed by atoms with E-state index in [1.807, 2.05) is 24.3 Å². The lowest BCUT2D eigenvalue weighted by Crippen LogP contribution is -2.45. The van der Waals surface area contributed by atoms with Gasteiger partial charge in [-0.1, -0.05) is 12.0 Å². The molecule has 0 saturated heterocycles. The second kappa shape index (κ2) is 7.69. The van der Waals surface area contributed by atoms with E-state index in [0.29, 0.717) is 16.0 Å². The number of aryl methyl sites for hydroxylation is 1. The molecular formula is C23H21NO4S. The molecule has 0 unspecified atom stereocenters. The minimum Gasteiger partial charge on any atom is -0.464 e. The number of terminal acetylenes is 1. The number of Topliss-reactive ketones (excluding diaryl/α,β-unsaturated/α-hetero) is 2. The molecule has 2 aromatic heterocycles. The van der Waals surface area contributed by atoms with Gasteiger partial charge < -0.3 is 9.73 Å². The highest BCUT2D eigenvalue weighted by molar-refractivity contribution is 7.15. The molecule has 1 amide bonds. The number of rotatable bonds is 6. The maximum Gasteiger partial charge on any atom is 0.294 e. The molecule has 0 aliphatic rings. The fourth-order valence-electron chi connectivity index (χ4n) is 3.16. The van der Waals surface area contributed by atoms with Crippen molar-refractivity contribution < 1.29 is 18.8 Å². The van der Waals surface area contributed by atoms with Gasteiger partial charge in [0.25, 0.3) is 11.7 Å². The molecular weight excluding hydrogens is 386 g/mol. The predicted molar refractivity (Wildman–Crippen MR) is 113 cm³/mol. The SMILES string of the molecule is C#CC(C)(C)NC(=O)C(=O)c1sc(C)c(C(=O)Cc2ccc3occc3c2)c1C. The molecule has 3 rings (SSSR count). The van der Waals surface area contributed by atoms with Crippen LogP contribution in [-0.4, -0.2) is 23.0 Å². The minimum absolute atomic E-state index is 0.0949. The number of ketones is 2. The summed E-state index contributed by atoms with van der Waals surface area (Å²) in [5.74, 6) is 0.871. The third-order valence-corrected chi connectivity index (χ3v) is 5.89. The van der Waals surface area contributed by atoms with E-state index >= 15 is 0 Å². The van der Waals surface area contributed by atoms with Crippen molar-refractivity contribution in [3.05, 3.63) is 57.0 Å². The van der Waals surface area contributed by atoms with E-state index in [9.17, 15) is 14.4 Å². The normalized spacial score (nSPS) is 11.3. The van der Waals surface area contributed by atoms with Crippen LogP contribution >= 0.6 is 11.3 Å². The molecule has 0 spiro atoms. The molecule has 1 aromatic carbocycles. The highest BCUT2D eigenvalue weighted by atomic mass is 32.1. The Hall–Kier alpha value is -3.17. The largest absolute Gasteiger partial charge is 0.464 e. The quantitative estimate of drug-likeness (QED) is 0.377. The summed E-state index contributed by atoms with van der Waals surface area (Å²) in [6, 6.07) is 7.44. The molecule has 29 heavy (non-hydrogen) atoms. The first kappa shape index (κ1) is 20.6. The Kier molecular flexibility index (Phi) is 5.45. The summed E-state index contributed by atoms with van der Waals surface area (Å²) >= 11 is 1.16. The fraction of sp³-hybridized carbons (Fsp3) is 0.261. The van der Waals surface area contributed by atoms with Crippen LogP contribution in [0, 0.1) is 26.2 Å². The zero-order valence-electron chi connectivity index (χ0n) is 16.7. The Morgan fingerprint density at radius 1 is 1.21 bits per heavy atom. The second-order valence-corrected chi connectivity index (χ2v) is 8.66. The number of carbonyl (C=O) groups excluding carboxylic acids is 3. The van der Waals surface area contributed by atoms with E-state index in [1.165, 1.54) is 0 Å². The highest BCUT2D eigenvalue weighted by Crippen LogP contribution is 2.29. The van der Waals surface area contributed by atoms with Gasteiger partial charge in [-0.2, -0.15) is 0 Å². The van der Waals surface area contributed by atoms with Crippen LogP contribution in [0.2, 0.25) is 0 Å². The summed E-state index contributed by atoms with van der Waals surface area (Å²) in [7, 11) is 0. The van der Waals surface area contributed by atoms with E-state index in [1.54, 1.807) is 34.0 Å². The van der Waals surface area contributed by atoms with E-state index in [2.05, 4.69) is 11.2 Å². The van der Waals surface area contributed by atoms with Gasteiger partial charge in [0.15, 0.2) is 5.78 Å².